The molecule has 0 spiro atoms. The van der Waals surface area contributed by atoms with Gasteiger partial charge < -0.3 is 18.6 Å². The van der Waals surface area contributed by atoms with Crippen molar-refractivity contribution in [3.05, 3.63) is 151 Å². The van der Waals surface area contributed by atoms with E-state index in [0.717, 1.165) is 106 Å². The molecule has 2 aliphatic heterocycles. The predicted molar refractivity (Wildman–Crippen MR) is 203 cm³/mol. The molecule has 0 amide bonds. The van der Waals surface area contributed by atoms with Gasteiger partial charge in [0, 0.05) is 34.4 Å². The Bertz CT molecular complexity index is 2900. The molecular weight excluding hydrogens is 822 g/mol. The molecule has 0 atom stereocenters. The SMILES string of the molecule is Cc1cc(C)c2c3c1Oc1ccc(-c4nc5ccccc5n4-c4ccccc4)[c-]c1B3c1[c-]c3c(cc1O2)c1ccccc1n3-c1ccccn1.[Pt+2]. The van der Waals surface area contributed by atoms with Crippen LogP contribution in [0.4, 0.5) is 0 Å². The van der Waals surface area contributed by atoms with E-state index in [2.05, 4.69) is 126 Å². The van der Waals surface area contributed by atoms with Crippen molar-refractivity contribution in [2.45, 2.75) is 13.8 Å². The van der Waals surface area contributed by atoms with E-state index in [1.54, 1.807) is 0 Å². The number of aryl methyl sites for hydroxylation is 2. The molecule has 8 heteroatoms. The van der Waals surface area contributed by atoms with Crippen LogP contribution >= 0.6 is 0 Å². The van der Waals surface area contributed by atoms with Crippen molar-refractivity contribution in [1.82, 2.24) is 19.1 Å². The Morgan fingerprint density at radius 2 is 1.35 bits per heavy atom. The van der Waals surface area contributed by atoms with E-state index in [4.69, 9.17) is 19.4 Å². The van der Waals surface area contributed by atoms with Crippen molar-refractivity contribution >= 4 is 55.9 Å². The summed E-state index contributed by atoms with van der Waals surface area (Å²) in [5, 5.41) is 2.18. The number of pyridine rings is 1. The Kier molecular flexibility index (Phi) is 6.86. The first-order chi connectivity index (χ1) is 25.1. The summed E-state index contributed by atoms with van der Waals surface area (Å²) in [7, 11) is 0. The van der Waals surface area contributed by atoms with E-state index in [1.165, 1.54) is 0 Å². The number of fused-ring (bicyclic) bond motifs is 8. The molecule has 0 unspecified atom stereocenters. The predicted octanol–water partition coefficient (Wildman–Crippen LogP) is 8.13. The molecular formula is C44H27BN4O2Pt. The van der Waals surface area contributed by atoms with Crippen LogP contribution in [0.5, 0.6) is 23.0 Å². The second-order valence-electron chi connectivity index (χ2n) is 13.3. The molecule has 6 aromatic carbocycles. The van der Waals surface area contributed by atoms with Gasteiger partial charge in [-0.1, -0.05) is 65.5 Å². The van der Waals surface area contributed by atoms with Crippen LogP contribution < -0.4 is 25.9 Å². The Morgan fingerprint density at radius 3 is 2.15 bits per heavy atom. The van der Waals surface area contributed by atoms with Crippen LogP contribution in [0.15, 0.2) is 128 Å². The number of imidazole rings is 1. The smallest absolute Gasteiger partial charge is 0.517 e. The van der Waals surface area contributed by atoms with Crippen LogP contribution in [-0.2, 0) is 21.1 Å². The van der Waals surface area contributed by atoms with Crippen molar-refractivity contribution in [3.8, 4) is 45.9 Å². The van der Waals surface area contributed by atoms with E-state index in [1.807, 2.05) is 36.5 Å². The van der Waals surface area contributed by atoms with Gasteiger partial charge in [-0.15, -0.1) is 40.8 Å². The fourth-order valence-corrected chi connectivity index (χ4v) is 8.10. The van der Waals surface area contributed by atoms with E-state index in [0.29, 0.717) is 0 Å². The van der Waals surface area contributed by atoms with Crippen molar-refractivity contribution in [3.63, 3.8) is 0 Å². The van der Waals surface area contributed by atoms with Gasteiger partial charge in [-0.25, -0.2) is 4.98 Å². The number of aromatic nitrogens is 4. The summed E-state index contributed by atoms with van der Waals surface area (Å²) in [4.78, 5) is 9.93. The van der Waals surface area contributed by atoms with E-state index < -0.39 is 0 Å². The van der Waals surface area contributed by atoms with Crippen LogP contribution in [0, 0.1) is 26.0 Å². The maximum Gasteiger partial charge on any atom is 2.00 e. The fraction of sp³-hybridized carbons (Fsp3) is 0.0455. The van der Waals surface area contributed by atoms with Crippen molar-refractivity contribution < 1.29 is 30.5 Å². The molecule has 2 aliphatic rings. The van der Waals surface area contributed by atoms with Gasteiger partial charge in [-0.2, -0.15) is 6.07 Å². The van der Waals surface area contributed by atoms with E-state index >= 15 is 0 Å². The first kappa shape index (κ1) is 30.9. The zero-order chi connectivity index (χ0) is 33.8. The maximum atomic E-state index is 6.86. The Labute approximate surface area is 314 Å². The zero-order valence-corrected chi connectivity index (χ0v) is 30.4. The average molecular weight is 850 g/mol. The number of hydrogen-bond acceptors (Lipinski definition) is 4. The molecule has 11 rings (SSSR count). The van der Waals surface area contributed by atoms with Gasteiger partial charge in [-0.3, -0.25) is 4.98 Å². The molecule has 0 aliphatic carbocycles. The van der Waals surface area contributed by atoms with Crippen LogP contribution in [0.2, 0.25) is 0 Å². The zero-order valence-electron chi connectivity index (χ0n) is 28.1. The molecule has 0 saturated carbocycles. The Morgan fingerprint density at radius 1 is 0.635 bits per heavy atom. The number of para-hydroxylation sites is 4. The number of rotatable bonds is 3. The maximum absolute atomic E-state index is 6.86. The third-order valence-electron chi connectivity index (χ3n) is 10.3. The topological polar surface area (TPSA) is 54.1 Å². The number of nitrogens with zero attached hydrogens (tertiary/aromatic N) is 4. The Balaban J connectivity index is 0.00000338. The summed E-state index contributed by atoms with van der Waals surface area (Å²) in [6.07, 6.45) is 1.83. The summed E-state index contributed by atoms with van der Waals surface area (Å²) in [6.45, 7) is 3.97. The van der Waals surface area contributed by atoms with E-state index in [-0.39, 0.29) is 27.8 Å². The quantitative estimate of drug-likeness (QED) is 0.133. The van der Waals surface area contributed by atoms with Crippen molar-refractivity contribution in [2.24, 2.45) is 0 Å². The molecule has 0 bridgehead atoms. The molecule has 5 heterocycles. The van der Waals surface area contributed by atoms with Crippen molar-refractivity contribution in [2.75, 3.05) is 0 Å². The van der Waals surface area contributed by atoms with Gasteiger partial charge in [0.2, 0.25) is 6.71 Å². The van der Waals surface area contributed by atoms with Gasteiger partial charge >= 0.3 is 21.1 Å². The van der Waals surface area contributed by atoms with Crippen molar-refractivity contribution in [1.29, 1.82) is 0 Å². The second-order valence-corrected chi connectivity index (χ2v) is 13.3. The number of hydrogen-bond donors (Lipinski definition) is 0. The normalized spacial score (nSPS) is 12.5. The molecule has 0 radical (unpaired) electrons. The molecule has 6 nitrogen and oxygen atoms in total. The second kappa shape index (κ2) is 11.6. The van der Waals surface area contributed by atoms with Gasteiger partial charge in [0.15, 0.2) is 0 Å². The average Bonchev–Trinajstić information content (AvgIpc) is 3.72. The summed E-state index contributed by atoms with van der Waals surface area (Å²) in [6, 6.07) is 49.3. The molecule has 248 valence electrons. The standard InChI is InChI=1S/C44H27BN4O2.Pt/c1-26-22-27(2)43-41-42(26)50-38-20-19-28(44-47-34-15-7-9-17-36(34)48(44)29-12-4-3-5-13-29)23-32(38)45(41)33-25-37-31(24-39(33)51-43)30-14-6-8-16-35(30)49(37)40-18-10-11-21-46-40;/h3-22,24H,1-2H3;/q-2;+2. The molecule has 0 N–H and O–H groups in total. The minimum atomic E-state index is -0.241. The Hall–Kier alpha value is -5.91. The summed E-state index contributed by atoms with van der Waals surface area (Å²) in [5.74, 6) is 4.86. The van der Waals surface area contributed by atoms with Gasteiger partial charge in [-0.05, 0) is 78.9 Å². The monoisotopic (exact) mass is 849 g/mol. The van der Waals surface area contributed by atoms with Gasteiger partial charge in [0.1, 0.15) is 17.3 Å². The van der Waals surface area contributed by atoms with Crippen LogP contribution in [0.1, 0.15) is 11.1 Å². The first-order valence-electron chi connectivity index (χ1n) is 17.1. The minimum Gasteiger partial charge on any atom is -0.517 e. The third-order valence-corrected chi connectivity index (χ3v) is 10.3. The molecule has 9 aromatic rings. The summed E-state index contributed by atoms with van der Waals surface area (Å²) >= 11 is 0. The van der Waals surface area contributed by atoms with Crippen LogP contribution in [-0.4, -0.2) is 25.8 Å². The molecule has 3 aromatic heterocycles. The molecule has 0 fully saturated rings. The van der Waals surface area contributed by atoms with Gasteiger partial charge in [0.25, 0.3) is 0 Å². The minimum absolute atomic E-state index is 0. The van der Waals surface area contributed by atoms with E-state index in [9.17, 15) is 0 Å². The molecule has 52 heavy (non-hydrogen) atoms. The first-order valence-corrected chi connectivity index (χ1v) is 17.1. The van der Waals surface area contributed by atoms with Crippen LogP contribution in [0.25, 0.3) is 55.7 Å². The number of benzene rings is 6. The fourth-order valence-electron chi connectivity index (χ4n) is 8.10. The number of ether oxygens (including phenoxy) is 2. The summed E-state index contributed by atoms with van der Waals surface area (Å²) < 4.78 is 18.0. The van der Waals surface area contributed by atoms with Crippen LogP contribution in [0.3, 0.4) is 0 Å². The van der Waals surface area contributed by atoms with Gasteiger partial charge in [0.05, 0.1) is 16.9 Å². The third kappa shape index (κ3) is 4.36. The summed E-state index contributed by atoms with van der Waals surface area (Å²) in [5.41, 5.74) is 10.9. The molecule has 0 saturated heterocycles. The largest absolute Gasteiger partial charge is 2.00 e.